The van der Waals surface area contributed by atoms with Crippen LogP contribution >= 0.6 is 0 Å². The van der Waals surface area contributed by atoms with Crippen molar-refractivity contribution in [2.75, 3.05) is 11.4 Å². The molecule has 1 N–H and O–H groups in total. The Kier molecular flexibility index (Phi) is 6.07. The van der Waals surface area contributed by atoms with Gasteiger partial charge in [-0.1, -0.05) is 72.8 Å². The third kappa shape index (κ3) is 4.68. The number of para-hydroxylation sites is 2. The Morgan fingerprint density at radius 2 is 1.59 bits per heavy atom. The maximum atomic E-state index is 13.5. The van der Waals surface area contributed by atoms with Gasteiger partial charge in [0.2, 0.25) is 0 Å². The van der Waals surface area contributed by atoms with Crippen molar-refractivity contribution >= 4 is 17.5 Å². The molecule has 34 heavy (non-hydrogen) atoms. The molecule has 0 fully saturated rings. The van der Waals surface area contributed by atoms with Crippen LogP contribution in [0.1, 0.15) is 21.5 Å². The minimum absolute atomic E-state index is 0.111. The molecule has 0 spiro atoms. The molecular formula is C27H24N4O3. The van der Waals surface area contributed by atoms with E-state index in [2.05, 4.69) is 10.4 Å². The van der Waals surface area contributed by atoms with Crippen LogP contribution in [0, 0.1) is 0 Å². The molecule has 7 heteroatoms. The summed E-state index contributed by atoms with van der Waals surface area (Å²) >= 11 is 0. The molecule has 0 radical (unpaired) electrons. The molecule has 0 saturated carbocycles. The Bertz CT molecular complexity index is 1290. The summed E-state index contributed by atoms with van der Waals surface area (Å²) in [5, 5.41) is 7.27. The molecule has 170 valence electrons. The summed E-state index contributed by atoms with van der Waals surface area (Å²) in [4.78, 5) is 28.0. The minimum Gasteiger partial charge on any atom is -0.477 e. The molecule has 4 aromatic rings. The third-order valence-corrected chi connectivity index (χ3v) is 5.69. The molecule has 0 aliphatic carbocycles. The quantitative estimate of drug-likeness (QED) is 0.485. The average molecular weight is 453 g/mol. The lowest BCUT2D eigenvalue weighted by Gasteiger charge is -2.34. The van der Waals surface area contributed by atoms with E-state index in [0.717, 1.165) is 11.1 Å². The number of hydrogen-bond donors (Lipinski definition) is 1. The molecule has 1 aromatic heterocycles. The van der Waals surface area contributed by atoms with Crippen LogP contribution in [-0.4, -0.2) is 34.2 Å². The average Bonchev–Trinajstić information content (AvgIpc) is 3.36. The van der Waals surface area contributed by atoms with E-state index in [1.165, 1.54) is 0 Å². The van der Waals surface area contributed by atoms with Crippen molar-refractivity contribution in [3.05, 3.63) is 114 Å². The van der Waals surface area contributed by atoms with Gasteiger partial charge < -0.3 is 15.0 Å². The Labute approximate surface area is 197 Å². The molecule has 1 aliphatic rings. The SMILES string of the molecule is O=C(NCc1ccccc1)[C@@H]1CN(C(=O)c2cnn(Cc3ccccc3)c2)c2ccccc2O1. The highest BCUT2D eigenvalue weighted by Crippen LogP contribution is 2.34. The first-order valence-electron chi connectivity index (χ1n) is 11.1. The van der Waals surface area contributed by atoms with Gasteiger partial charge in [0.25, 0.3) is 11.8 Å². The summed E-state index contributed by atoms with van der Waals surface area (Å²) in [7, 11) is 0. The molecule has 5 rings (SSSR count). The number of anilines is 1. The van der Waals surface area contributed by atoms with Crippen LogP contribution in [0.4, 0.5) is 5.69 Å². The minimum atomic E-state index is -0.818. The molecule has 1 aliphatic heterocycles. The zero-order chi connectivity index (χ0) is 23.3. The standard InChI is InChI=1S/C27H24N4O3/c32-26(28-15-20-9-3-1-4-10-20)25-19-31(23-13-7-8-14-24(23)34-25)27(33)22-16-29-30(18-22)17-21-11-5-2-6-12-21/h1-14,16,18,25H,15,17,19H2,(H,28,32)/t25-/m0/s1. The molecule has 0 unspecified atom stereocenters. The fraction of sp³-hybridized carbons (Fsp3) is 0.148. The molecule has 0 bridgehead atoms. The van der Waals surface area contributed by atoms with Gasteiger partial charge in [0, 0.05) is 12.7 Å². The highest BCUT2D eigenvalue weighted by Gasteiger charge is 2.34. The number of nitrogens with zero attached hydrogens (tertiary/aromatic N) is 3. The predicted molar refractivity (Wildman–Crippen MR) is 129 cm³/mol. The summed E-state index contributed by atoms with van der Waals surface area (Å²) in [6, 6.07) is 26.9. The van der Waals surface area contributed by atoms with Crippen LogP contribution < -0.4 is 15.0 Å². The number of rotatable bonds is 6. The van der Waals surface area contributed by atoms with Crippen LogP contribution in [0.25, 0.3) is 0 Å². The van der Waals surface area contributed by atoms with Crippen molar-refractivity contribution in [2.24, 2.45) is 0 Å². The maximum Gasteiger partial charge on any atom is 0.263 e. The number of aromatic nitrogens is 2. The van der Waals surface area contributed by atoms with Crippen LogP contribution in [0.5, 0.6) is 5.75 Å². The molecule has 2 heterocycles. The molecular weight excluding hydrogens is 428 g/mol. The van der Waals surface area contributed by atoms with Crippen molar-refractivity contribution in [3.63, 3.8) is 0 Å². The van der Waals surface area contributed by atoms with E-state index < -0.39 is 6.10 Å². The second-order valence-corrected chi connectivity index (χ2v) is 8.11. The van der Waals surface area contributed by atoms with Gasteiger partial charge in [-0.2, -0.15) is 5.10 Å². The van der Waals surface area contributed by atoms with Crippen molar-refractivity contribution in [2.45, 2.75) is 19.2 Å². The van der Waals surface area contributed by atoms with Gasteiger partial charge in [0.05, 0.1) is 30.5 Å². The predicted octanol–water partition coefficient (Wildman–Crippen LogP) is 3.66. The van der Waals surface area contributed by atoms with Crippen LogP contribution in [0.15, 0.2) is 97.3 Å². The van der Waals surface area contributed by atoms with E-state index in [1.54, 1.807) is 28.0 Å². The maximum absolute atomic E-state index is 13.5. The Balaban J connectivity index is 1.33. The van der Waals surface area contributed by atoms with Gasteiger partial charge in [-0.25, -0.2) is 0 Å². The lowest BCUT2D eigenvalue weighted by atomic mass is 10.1. The summed E-state index contributed by atoms with van der Waals surface area (Å²) in [5.41, 5.74) is 3.17. The number of benzene rings is 3. The highest BCUT2D eigenvalue weighted by atomic mass is 16.5. The normalized spacial score (nSPS) is 14.7. The van der Waals surface area contributed by atoms with Gasteiger partial charge in [0.15, 0.2) is 6.10 Å². The summed E-state index contributed by atoms with van der Waals surface area (Å²) in [6.07, 6.45) is 2.48. The largest absolute Gasteiger partial charge is 0.477 e. The van der Waals surface area contributed by atoms with Crippen molar-refractivity contribution in [1.29, 1.82) is 0 Å². The number of ether oxygens (including phenoxy) is 1. The molecule has 7 nitrogen and oxygen atoms in total. The summed E-state index contributed by atoms with van der Waals surface area (Å²) in [6.45, 7) is 1.07. The topological polar surface area (TPSA) is 76.5 Å². The molecule has 2 amide bonds. The van der Waals surface area contributed by atoms with Crippen LogP contribution in [0.3, 0.4) is 0 Å². The Hall–Kier alpha value is -4.39. The number of amides is 2. The lowest BCUT2D eigenvalue weighted by Crippen LogP contribution is -2.50. The van der Waals surface area contributed by atoms with E-state index in [0.29, 0.717) is 30.1 Å². The third-order valence-electron chi connectivity index (χ3n) is 5.69. The first-order chi connectivity index (χ1) is 16.7. The monoisotopic (exact) mass is 452 g/mol. The van der Waals surface area contributed by atoms with Gasteiger partial charge in [-0.05, 0) is 23.3 Å². The van der Waals surface area contributed by atoms with E-state index in [-0.39, 0.29) is 18.4 Å². The number of nitrogens with one attached hydrogen (secondary N) is 1. The van der Waals surface area contributed by atoms with Gasteiger partial charge in [0.1, 0.15) is 5.75 Å². The van der Waals surface area contributed by atoms with Gasteiger partial charge in [-0.15, -0.1) is 0 Å². The van der Waals surface area contributed by atoms with E-state index >= 15 is 0 Å². The van der Waals surface area contributed by atoms with Crippen LogP contribution in [0.2, 0.25) is 0 Å². The van der Waals surface area contributed by atoms with Crippen molar-refractivity contribution < 1.29 is 14.3 Å². The van der Waals surface area contributed by atoms with E-state index in [4.69, 9.17) is 4.74 Å². The summed E-state index contributed by atoms with van der Waals surface area (Å²) < 4.78 is 7.69. The first kappa shape index (κ1) is 21.5. The van der Waals surface area contributed by atoms with E-state index in [1.807, 2.05) is 78.9 Å². The van der Waals surface area contributed by atoms with E-state index in [9.17, 15) is 9.59 Å². The van der Waals surface area contributed by atoms with Crippen molar-refractivity contribution in [3.8, 4) is 5.75 Å². The molecule has 0 saturated heterocycles. The Morgan fingerprint density at radius 3 is 2.35 bits per heavy atom. The number of hydrogen-bond acceptors (Lipinski definition) is 4. The second-order valence-electron chi connectivity index (χ2n) is 8.11. The zero-order valence-electron chi connectivity index (χ0n) is 18.5. The van der Waals surface area contributed by atoms with Crippen molar-refractivity contribution in [1.82, 2.24) is 15.1 Å². The van der Waals surface area contributed by atoms with Crippen LogP contribution in [-0.2, 0) is 17.9 Å². The fourth-order valence-corrected chi connectivity index (χ4v) is 3.95. The second kappa shape index (κ2) is 9.62. The first-order valence-corrected chi connectivity index (χ1v) is 11.1. The molecule has 1 atom stereocenters. The summed E-state index contributed by atoms with van der Waals surface area (Å²) in [5.74, 6) is 0.00508. The number of carbonyl (C=O) groups excluding carboxylic acids is 2. The van der Waals surface area contributed by atoms with Gasteiger partial charge >= 0.3 is 0 Å². The number of fused-ring (bicyclic) bond motifs is 1. The Morgan fingerprint density at radius 1 is 0.912 bits per heavy atom. The highest BCUT2D eigenvalue weighted by molar-refractivity contribution is 6.07. The number of carbonyl (C=O) groups is 2. The fourth-order valence-electron chi connectivity index (χ4n) is 3.95. The molecule has 3 aromatic carbocycles. The zero-order valence-corrected chi connectivity index (χ0v) is 18.5. The van der Waals surface area contributed by atoms with Gasteiger partial charge in [-0.3, -0.25) is 14.3 Å². The lowest BCUT2D eigenvalue weighted by molar-refractivity contribution is -0.127. The smallest absolute Gasteiger partial charge is 0.263 e.